The zero-order valence-electron chi connectivity index (χ0n) is 6.86. The predicted molar refractivity (Wildman–Crippen MR) is 40.9 cm³/mol. The number of rotatable bonds is 1. The van der Waals surface area contributed by atoms with Crippen molar-refractivity contribution in [3.8, 4) is 0 Å². The lowest BCUT2D eigenvalue weighted by molar-refractivity contribution is 0.0770. The molecule has 0 atom stereocenters. The third kappa shape index (κ3) is 1.94. The quantitative estimate of drug-likeness (QED) is 0.544. The van der Waals surface area contributed by atoms with E-state index < -0.39 is 5.67 Å². The number of likely N-dealkylation sites (tertiary alicyclic amines) is 1. The summed E-state index contributed by atoms with van der Waals surface area (Å²) in [6, 6.07) is 0. The van der Waals surface area contributed by atoms with Crippen LogP contribution in [-0.2, 0) is 0 Å². The summed E-state index contributed by atoms with van der Waals surface area (Å²) >= 11 is 0. The maximum Gasteiger partial charge on any atom is 0.110 e. The lowest BCUT2D eigenvalue weighted by atomic mass is 9.96. The Morgan fingerprint density at radius 1 is 1.40 bits per heavy atom. The van der Waals surface area contributed by atoms with Gasteiger partial charge in [-0.15, -0.1) is 0 Å². The maximum absolute atomic E-state index is 13.2. The molecular formula is C8H16FN. The molecule has 1 saturated heterocycles. The highest BCUT2D eigenvalue weighted by Crippen LogP contribution is 2.24. The van der Waals surface area contributed by atoms with Crippen molar-refractivity contribution in [1.29, 1.82) is 0 Å². The minimum absolute atomic E-state index is 0.709. The van der Waals surface area contributed by atoms with Crippen molar-refractivity contribution in [2.45, 2.75) is 32.4 Å². The lowest BCUT2D eigenvalue weighted by Gasteiger charge is -2.33. The van der Waals surface area contributed by atoms with E-state index in [0.29, 0.717) is 12.8 Å². The van der Waals surface area contributed by atoms with Crippen molar-refractivity contribution in [1.82, 2.24) is 4.90 Å². The van der Waals surface area contributed by atoms with E-state index >= 15 is 0 Å². The van der Waals surface area contributed by atoms with E-state index in [1.807, 2.05) is 0 Å². The van der Waals surface area contributed by atoms with Crippen molar-refractivity contribution in [2.75, 3.05) is 19.6 Å². The molecule has 60 valence electrons. The van der Waals surface area contributed by atoms with Crippen molar-refractivity contribution in [2.24, 2.45) is 0 Å². The van der Waals surface area contributed by atoms with Crippen molar-refractivity contribution < 1.29 is 4.39 Å². The Kier molecular flexibility index (Phi) is 2.29. The van der Waals surface area contributed by atoms with Crippen LogP contribution in [0.25, 0.3) is 0 Å². The van der Waals surface area contributed by atoms with Crippen molar-refractivity contribution in [3.63, 3.8) is 0 Å². The van der Waals surface area contributed by atoms with E-state index in [-0.39, 0.29) is 0 Å². The fourth-order valence-corrected chi connectivity index (χ4v) is 1.34. The molecule has 0 aromatic rings. The Bertz CT molecular complexity index is 102. The number of piperidine rings is 1. The van der Waals surface area contributed by atoms with Crippen LogP contribution in [0.4, 0.5) is 4.39 Å². The summed E-state index contributed by atoms with van der Waals surface area (Å²) < 4.78 is 13.2. The number of alkyl halides is 1. The lowest BCUT2D eigenvalue weighted by Crippen LogP contribution is -2.39. The van der Waals surface area contributed by atoms with Crippen LogP contribution in [0.5, 0.6) is 0 Å². The van der Waals surface area contributed by atoms with Gasteiger partial charge in [0.2, 0.25) is 0 Å². The van der Waals surface area contributed by atoms with Gasteiger partial charge in [-0.25, -0.2) is 4.39 Å². The first-order chi connectivity index (χ1) is 4.64. The van der Waals surface area contributed by atoms with E-state index in [0.717, 1.165) is 19.6 Å². The monoisotopic (exact) mass is 145 g/mol. The summed E-state index contributed by atoms with van der Waals surface area (Å²) in [7, 11) is 0. The van der Waals surface area contributed by atoms with E-state index in [4.69, 9.17) is 0 Å². The highest BCUT2D eigenvalue weighted by molar-refractivity contribution is 4.81. The first kappa shape index (κ1) is 7.99. The molecule has 0 saturated carbocycles. The predicted octanol–water partition coefficient (Wildman–Crippen LogP) is 1.83. The third-order valence-corrected chi connectivity index (χ3v) is 2.35. The Hall–Kier alpha value is -0.110. The molecule has 0 spiro atoms. The summed E-state index contributed by atoms with van der Waals surface area (Å²) in [6.45, 7) is 6.77. The summed E-state index contributed by atoms with van der Waals surface area (Å²) in [5.74, 6) is 0. The molecule has 2 heteroatoms. The Morgan fingerprint density at radius 2 is 1.90 bits per heavy atom. The Morgan fingerprint density at radius 3 is 2.30 bits per heavy atom. The van der Waals surface area contributed by atoms with Crippen LogP contribution in [0, 0.1) is 0 Å². The number of nitrogens with zero attached hydrogens (tertiary/aromatic N) is 1. The van der Waals surface area contributed by atoms with Gasteiger partial charge >= 0.3 is 0 Å². The largest absolute Gasteiger partial charge is 0.303 e. The molecule has 1 nitrogen and oxygen atoms in total. The van der Waals surface area contributed by atoms with Gasteiger partial charge in [-0.2, -0.15) is 0 Å². The van der Waals surface area contributed by atoms with Crippen LogP contribution in [-0.4, -0.2) is 30.2 Å². The highest BCUT2D eigenvalue weighted by atomic mass is 19.1. The van der Waals surface area contributed by atoms with Gasteiger partial charge in [-0.1, -0.05) is 6.92 Å². The topological polar surface area (TPSA) is 3.24 Å². The minimum atomic E-state index is -0.883. The molecular weight excluding hydrogens is 129 g/mol. The Balaban J connectivity index is 2.31. The average Bonchev–Trinajstić information content (AvgIpc) is 1.88. The normalized spacial score (nSPS) is 26.7. The first-order valence-electron chi connectivity index (χ1n) is 4.05. The zero-order valence-corrected chi connectivity index (χ0v) is 6.86. The van der Waals surface area contributed by atoms with Gasteiger partial charge in [0.15, 0.2) is 0 Å². The van der Waals surface area contributed by atoms with Gasteiger partial charge < -0.3 is 4.90 Å². The summed E-state index contributed by atoms with van der Waals surface area (Å²) in [5.41, 5.74) is -0.883. The molecule has 0 aliphatic carbocycles. The fraction of sp³-hybridized carbons (Fsp3) is 1.00. The average molecular weight is 145 g/mol. The second-order valence-corrected chi connectivity index (χ2v) is 3.35. The molecule has 1 heterocycles. The van der Waals surface area contributed by atoms with Gasteiger partial charge in [0.25, 0.3) is 0 Å². The van der Waals surface area contributed by atoms with E-state index in [1.165, 1.54) is 0 Å². The molecule has 0 amide bonds. The standard InChI is InChI=1S/C8H16FN/c1-3-10-6-4-8(2,9)5-7-10/h3-7H2,1-2H3. The van der Waals surface area contributed by atoms with E-state index in [1.54, 1.807) is 6.92 Å². The van der Waals surface area contributed by atoms with Crippen LogP contribution in [0.2, 0.25) is 0 Å². The summed E-state index contributed by atoms with van der Waals surface area (Å²) in [4.78, 5) is 2.29. The van der Waals surface area contributed by atoms with Crippen LogP contribution in [0.1, 0.15) is 26.7 Å². The molecule has 10 heavy (non-hydrogen) atoms. The van der Waals surface area contributed by atoms with Crippen LogP contribution >= 0.6 is 0 Å². The molecule has 0 unspecified atom stereocenters. The molecule has 1 aliphatic rings. The molecule has 0 radical (unpaired) electrons. The minimum Gasteiger partial charge on any atom is -0.303 e. The van der Waals surface area contributed by atoms with E-state index in [2.05, 4.69) is 11.8 Å². The number of hydrogen-bond acceptors (Lipinski definition) is 1. The maximum atomic E-state index is 13.2. The smallest absolute Gasteiger partial charge is 0.110 e. The van der Waals surface area contributed by atoms with Gasteiger partial charge in [-0.05, 0) is 26.3 Å². The van der Waals surface area contributed by atoms with Gasteiger partial charge in [0.1, 0.15) is 5.67 Å². The molecule has 1 aliphatic heterocycles. The van der Waals surface area contributed by atoms with Crippen LogP contribution in [0.3, 0.4) is 0 Å². The van der Waals surface area contributed by atoms with Gasteiger partial charge in [-0.3, -0.25) is 0 Å². The third-order valence-electron chi connectivity index (χ3n) is 2.35. The molecule has 0 aromatic carbocycles. The molecule has 0 N–H and O–H groups in total. The number of halogens is 1. The van der Waals surface area contributed by atoms with Crippen LogP contribution < -0.4 is 0 Å². The number of hydrogen-bond donors (Lipinski definition) is 0. The molecule has 1 rings (SSSR count). The van der Waals surface area contributed by atoms with Gasteiger partial charge in [0.05, 0.1) is 0 Å². The van der Waals surface area contributed by atoms with Crippen LogP contribution in [0.15, 0.2) is 0 Å². The second-order valence-electron chi connectivity index (χ2n) is 3.35. The first-order valence-corrected chi connectivity index (χ1v) is 4.05. The van der Waals surface area contributed by atoms with E-state index in [9.17, 15) is 4.39 Å². The molecule has 0 bridgehead atoms. The highest BCUT2D eigenvalue weighted by Gasteiger charge is 2.28. The van der Waals surface area contributed by atoms with Gasteiger partial charge in [0, 0.05) is 13.1 Å². The SMILES string of the molecule is CCN1CCC(C)(F)CC1. The fourth-order valence-electron chi connectivity index (χ4n) is 1.34. The van der Waals surface area contributed by atoms with Crippen molar-refractivity contribution >= 4 is 0 Å². The Labute approximate surface area is 62.2 Å². The molecule has 0 aromatic heterocycles. The summed E-state index contributed by atoms with van der Waals surface area (Å²) in [5, 5.41) is 0. The summed E-state index contributed by atoms with van der Waals surface area (Å²) in [6.07, 6.45) is 1.42. The second kappa shape index (κ2) is 2.87. The molecule has 1 fully saturated rings. The zero-order chi connectivity index (χ0) is 7.61. The van der Waals surface area contributed by atoms with Crippen molar-refractivity contribution in [3.05, 3.63) is 0 Å².